The Kier molecular flexibility index (Phi) is 44.8. The molecule has 0 fully saturated rings. The molecule has 0 radical (unpaired) electrons. The Morgan fingerprint density at radius 3 is 1.06 bits per heavy atom. The molecule has 0 atom stereocenters. The van der Waals surface area contributed by atoms with E-state index >= 15 is 0 Å². The summed E-state index contributed by atoms with van der Waals surface area (Å²) >= 11 is 0. The number of carboxylic acid groups (broad SMARTS) is 1. The normalized spacial score (nSPS) is 11.1. The Hall–Kier alpha value is -2.15. The van der Waals surface area contributed by atoms with Gasteiger partial charge in [0.1, 0.15) is 0 Å². The number of amides is 2. The molecular weight excluding hydrogens is 598 g/mol. The largest absolute Gasteiger partial charge is 0.554 e. The first-order valence-corrected chi connectivity index (χ1v) is 20.3. The molecule has 282 valence electrons. The van der Waals surface area contributed by atoms with E-state index in [0.29, 0.717) is 25.9 Å². The summed E-state index contributed by atoms with van der Waals surface area (Å²) in [5, 5.41) is 16.5. The van der Waals surface area contributed by atoms with E-state index in [-0.39, 0.29) is 11.8 Å². The first-order chi connectivity index (χ1) is 23.6. The van der Waals surface area contributed by atoms with Crippen LogP contribution in [0.25, 0.3) is 0 Å². The Labute approximate surface area is 297 Å². The first-order valence-electron chi connectivity index (χ1n) is 20.3. The van der Waals surface area contributed by atoms with Crippen LogP contribution in [0.3, 0.4) is 0 Å². The van der Waals surface area contributed by atoms with Gasteiger partial charge in [-0.3, -0.25) is 9.59 Å². The number of allylic oxidation sites excluding steroid dienone is 4. The van der Waals surface area contributed by atoms with Crippen molar-refractivity contribution in [3.05, 3.63) is 24.3 Å². The minimum absolute atomic E-state index is 0.175. The summed E-state index contributed by atoms with van der Waals surface area (Å²) in [6.45, 7) is 7.17. The van der Waals surface area contributed by atoms with Crippen molar-refractivity contribution in [2.45, 2.75) is 194 Å². The lowest BCUT2D eigenvalue weighted by molar-refractivity contribution is -0.651. The fraction of sp³-hybridized carbons (Fsp3) is 0.829. The van der Waals surface area contributed by atoms with Crippen molar-refractivity contribution in [2.24, 2.45) is 0 Å². The van der Waals surface area contributed by atoms with Crippen molar-refractivity contribution < 1.29 is 24.8 Å². The zero-order valence-electron chi connectivity index (χ0n) is 31.7. The van der Waals surface area contributed by atoms with Gasteiger partial charge in [0.2, 0.25) is 11.8 Å². The summed E-state index contributed by atoms with van der Waals surface area (Å²) in [4.78, 5) is 32.3. The number of rotatable bonds is 36. The zero-order chi connectivity index (χ0) is 35.4. The van der Waals surface area contributed by atoms with Crippen LogP contribution in [-0.2, 0) is 14.4 Å². The standard InChI is InChI=1S/C40H77N3O2.CH2O2/c1-3-5-7-9-11-13-15-17-19-21-23-25-27-29-31-33-39(44)42-37-35-41-36-38-43-40(45)34-32-30-28-26-24-22-20-18-16-14-12-10-8-6-4-2;2-1-3/h17-20,41H,3-16,21-38H2,1-2H3,(H,42,44)(H,43,45);1H,(H,2,3)/b19-17-,20-18-;. The highest BCUT2D eigenvalue weighted by atomic mass is 16.3. The summed E-state index contributed by atoms with van der Waals surface area (Å²) in [7, 11) is 0. The van der Waals surface area contributed by atoms with E-state index in [9.17, 15) is 9.59 Å². The Morgan fingerprint density at radius 2 is 0.750 bits per heavy atom. The maximum Gasteiger partial charge on any atom is 0.220 e. The van der Waals surface area contributed by atoms with Crippen molar-refractivity contribution in [1.29, 1.82) is 0 Å². The fourth-order valence-corrected chi connectivity index (χ4v) is 5.66. The summed E-state index contributed by atoms with van der Waals surface area (Å²) in [5.74, 6) is 0.351. The van der Waals surface area contributed by atoms with E-state index in [0.717, 1.165) is 38.8 Å². The van der Waals surface area contributed by atoms with Gasteiger partial charge in [-0.05, 0) is 64.2 Å². The van der Waals surface area contributed by atoms with Crippen molar-refractivity contribution in [3.8, 4) is 0 Å². The number of nitrogens with two attached hydrogens (primary N) is 1. The van der Waals surface area contributed by atoms with Crippen LogP contribution in [0, 0.1) is 0 Å². The van der Waals surface area contributed by atoms with E-state index < -0.39 is 6.47 Å². The Balaban J connectivity index is 0. The van der Waals surface area contributed by atoms with Gasteiger partial charge in [0.25, 0.3) is 0 Å². The average molecular weight is 678 g/mol. The molecule has 0 unspecified atom stereocenters. The summed E-state index contributed by atoms with van der Waals surface area (Å²) < 4.78 is 0. The van der Waals surface area contributed by atoms with Gasteiger partial charge in [0, 0.05) is 19.3 Å². The van der Waals surface area contributed by atoms with Crippen LogP contribution in [0.15, 0.2) is 24.3 Å². The van der Waals surface area contributed by atoms with Crippen LogP contribution in [0.4, 0.5) is 0 Å². The van der Waals surface area contributed by atoms with Gasteiger partial charge in [-0.2, -0.15) is 0 Å². The molecule has 0 aliphatic carbocycles. The molecule has 0 heterocycles. The molecule has 2 amide bonds. The lowest BCUT2D eigenvalue weighted by Gasteiger charge is -2.07. The molecule has 48 heavy (non-hydrogen) atoms. The maximum atomic E-state index is 12.0. The third-order valence-corrected chi connectivity index (χ3v) is 8.67. The fourth-order valence-electron chi connectivity index (χ4n) is 5.66. The summed E-state index contributed by atoms with van der Waals surface area (Å²) in [6, 6.07) is 0. The third kappa shape index (κ3) is 46.0. The highest BCUT2D eigenvalue weighted by Gasteiger charge is 2.03. The number of hydrogen-bond acceptors (Lipinski definition) is 4. The second-order valence-corrected chi connectivity index (χ2v) is 13.3. The Morgan fingerprint density at radius 1 is 0.479 bits per heavy atom. The summed E-state index contributed by atoms with van der Waals surface area (Å²) in [6.07, 6.45) is 44.0. The van der Waals surface area contributed by atoms with Gasteiger partial charge in [0.15, 0.2) is 0 Å². The lowest BCUT2D eigenvalue weighted by atomic mass is 10.1. The highest BCUT2D eigenvalue weighted by Crippen LogP contribution is 2.11. The topological polar surface area (TPSA) is 115 Å². The number of nitrogens with one attached hydrogen (secondary N) is 2. The SMILES string of the molecule is CCCCCCCC/C=C\CCCCCCCC(=O)NCC[NH2+]CCNC(=O)CCCCCCC/C=C\CCCCCCCC.O=C[O-]. The lowest BCUT2D eigenvalue weighted by Crippen LogP contribution is -2.87. The van der Waals surface area contributed by atoms with E-state index in [1.807, 2.05) is 0 Å². The molecule has 0 aliphatic rings. The van der Waals surface area contributed by atoms with Crippen LogP contribution >= 0.6 is 0 Å². The van der Waals surface area contributed by atoms with Crippen molar-refractivity contribution in [2.75, 3.05) is 26.2 Å². The zero-order valence-corrected chi connectivity index (χ0v) is 31.7. The molecule has 0 aromatic heterocycles. The van der Waals surface area contributed by atoms with Gasteiger partial charge in [-0.15, -0.1) is 0 Å². The van der Waals surface area contributed by atoms with E-state index in [2.05, 4.69) is 54.1 Å². The van der Waals surface area contributed by atoms with Crippen LogP contribution in [0.1, 0.15) is 194 Å². The molecule has 0 aromatic carbocycles. The molecule has 0 bridgehead atoms. The van der Waals surface area contributed by atoms with Crippen LogP contribution < -0.4 is 21.1 Å². The first kappa shape index (κ1) is 48.0. The third-order valence-electron chi connectivity index (χ3n) is 8.67. The Bertz CT molecular complexity index is 670. The molecule has 7 nitrogen and oxygen atoms in total. The molecule has 7 heteroatoms. The predicted octanol–water partition coefficient (Wildman–Crippen LogP) is 8.22. The second-order valence-electron chi connectivity index (χ2n) is 13.3. The minimum Gasteiger partial charge on any atom is -0.554 e. The molecule has 0 saturated carbocycles. The van der Waals surface area contributed by atoms with Crippen LogP contribution in [0.5, 0.6) is 0 Å². The average Bonchev–Trinajstić information content (AvgIpc) is 3.08. The number of carbonyl (C=O) groups is 3. The van der Waals surface area contributed by atoms with Crippen LogP contribution in [0.2, 0.25) is 0 Å². The quantitative estimate of drug-likeness (QED) is 0.0352. The molecular formula is C41H79N3O4. The van der Waals surface area contributed by atoms with Crippen molar-refractivity contribution >= 4 is 18.3 Å². The molecule has 0 aliphatic heterocycles. The number of hydrogen-bond donors (Lipinski definition) is 3. The van der Waals surface area contributed by atoms with Crippen molar-refractivity contribution in [3.63, 3.8) is 0 Å². The monoisotopic (exact) mass is 678 g/mol. The molecule has 0 spiro atoms. The number of unbranched alkanes of at least 4 members (excludes halogenated alkanes) is 22. The second kappa shape index (κ2) is 44.9. The van der Waals surface area contributed by atoms with Gasteiger partial charge < -0.3 is 25.9 Å². The minimum atomic E-state index is -0.500. The van der Waals surface area contributed by atoms with E-state index in [1.54, 1.807) is 0 Å². The molecule has 0 rings (SSSR count). The van der Waals surface area contributed by atoms with E-state index in [1.165, 1.54) is 141 Å². The van der Waals surface area contributed by atoms with E-state index in [4.69, 9.17) is 9.90 Å². The van der Waals surface area contributed by atoms with Gasteiger partial charge in [-0.25, -0.2) is 0 Å². The van der Waals surface area contributed by atoms with Gasteiger partial charge in [0.05, 0.1) is 26.2 Å². The number of quaternary nitrogens is 1. The number of carbonyl (C=O) groups excluding carboxylic acids is 3. The maximum absolute atomic E-state index is 12.0. The highest BCUT2D eigenvalue weighted by molar-refractivity contribution is 5.76. The van der Waals surface area contributed by atoms with Crippen LogP contribution in [-0.4, -0.2) is 44.5 Å². The molecule has 4 N–H and O–H groups in total. The van der Waals surface area contributed by atoms with Gasteiger partial charge in [-0.1, -0.05) is 141 Å². The van der Waals surface area contributed by atoms with Crippen molar-refractivity contribution in [1.82, 2.24) is 10.6 Å². The smallest absolute Gasteiger partial charge is 0.220 e. The predicted molar refractivity (Wildman–Crippen MR) is 203 cm³/mol. The molecule has 0 aromatic rings. The van der Waals surface area contributed by atoms with Gasteiger partial charge >= 0.3 is 0 Å². The summed E-state index contributed by atoms with van der Waals surface area (Å²) in [5.41, 5.74) is 0. The molecule has 0 saturated heterocycles.